The molecule has 1 amide bonds. The molecule has 0 saturated heterocycles. The maximum absolute atomic E-state index is 12.9. The standard InChI is InChI=1S/C65H105N2O6P/c1-6-8-10-12-14-16-18-20-21-22-23-24-25-26-27-28-29-30-31-32-33-34-35-36-37-38-39-40-41-42-43-44-45-47-49-51-53-55-57-59-65(69)66-63(62-73-74(70,71)72-61-60-67(3,4)5)64(68)58-56-54-52-50-48-46-19-17-15-13-11-9-7-2/h8,10,14,16,20-21,23-24,26-27,29-30,32-33,35-36,38-39,41-42,44-45,48-51,56,58,63-64,68H,6-7,9,11-13,15,17-19,22,25,28,31,34,37,40,43,46-47,52-55,57,59-62H2,1-5H3,(H-,66,69,70,71)/b10-8-,16-14-,21-20-,24-23-,27-26-,30-29-,33-32-,36-35-,39-38-,42-41-,45-44-,50-48+,51-49-,58-56+. The highest BCUT2D eigenvalue weighted by atomic mass is 31.2. The van der Waals surface area contributed by atoms with Gasteiger partial charge in [0, 0.05) is 6.42 Å². The van der Waals surface area contributed by atoms with Crippen LogP contribution >= 0.6 is 7.82 Å². The van der Waals surface area contributed by atoms with Gasteiger partial charge in [-0.25, -0.2) is 0 Å². The molecule has 9 heteroatoms. The van der Waals surface area contributed by atoms with Crippen molar-refractivity contribution in [2.45, 2.75) is 193 Å². The second-order valence-corrected chi connectivity index (χ2v) is 21.0. The Kier molecular flexibility index (Phi) is 50.7. The number of phosphoric ester groups is 1. The van der Waals surface area contributed by atoms with Crippen molar-refractivity contribution in [3.05, 3.63) is 170 Å². The van der Waals surface area contributed by atoms with E-state index in [1.54, 1.807) is 6.08 Å². The maximum atomic E-state index is 12.9. The van der Waals surface area contributed by atoms with Crippen molar-refractivity contribution in [2.75, 3.05) is 40.9 Å². The monoisotopic (exact) mass is 1040 g/mol. The van der Waals surface area contributed by atoms with Gasteiger partial charge in [-0.1, -0.05) is 223 Å². The molecule has 0 radical (unpaired) electrons. The van der Waals surface area contributed by atoms with Gasteiger partial charge in [0.15, 0.2) is 0 Å². The summed E-state index contributed by atoms with van der Waals surface area (Å²) in [6.45, 7) is 4.43. The third-order valence-corrected chi connectivity index (χ3v) is 12.4. The summed E-state index contributed by atoms with van der Waals surface area (Å²) in [5.41, 5.74) is 0. The van der Waals surface area contributed by atoms with Gasteiger partial charge in [-0.05, 0) is 122 Å². The first-order valence-corrected chi connectivity index (χ1v) is 30.0. The van der Waals surface area contributed by atoms with Crippen molar-refractivity contribution in [1.29, 1.82) is 0 Å². The first-order valence-electron chi connectivity index (χ1n) is 28.5. The zero-order chi connectivity index (χ0) is 54.2. The molecule has 2 N–H and O–H groups in total. The quantitative estimate of drug-likeness (QED) is 0.0272. The van der Waals surface area contributed by atoms with Gasteiger partial charge in [0.25, 0.3) is 7.82 Å². The minimum Gasteiger partial charge on any atom is -0.756 e. The van der Waals surface area contributed by atoms with Gasteiger partial charge in [-0.2, -0.15) is 0 Å². The predicted molar refractivity (Wildman–Crippen MR) is 320 cm³/mol. The third kappa shape index (κ3) is 55.6. The Bertz CT molecular complexity index is 1800. The topological polar surface area (TPSA) is 108 Å². The molecule has 3 unspecified atom stereocenters. The highest BCUT2D eigenvalue weighted by molar-refractivity contribution is 7.45. The van der Waals surface area contributed by atoms with Crippen LogP contribution in [0.3, 0.4) is 0 Å². The van der Waals surface area contributed by atoms with E-state index in [0.29, 0.717) is 17.4 Å². The molecule has 0 spiro atoms. The van der Waals surface area contributed by atoms with Crippen LogP contribution in [0.2, 0.25) is 0 Å². The predicted octanol–water partition coefficient (Wildman–Crippen LogP) is 17.0. The lowest BCUT2D eigenvalue weighted by Crippen LogP contribution is -2.45. The van der Waals surface area contributed by atoms with E-state index in [1.165, 1.54) is 44.9 Å². The lowest BCUT2D eigenvalue weighted by Gasteiger charge is -2.29. The van der Waals surface area contributed by atoms with E-state index in [9.17, 15) is 19.4 Å². The van der Waals surface area contributed by atoms with Crippen LogP contribution in [0.25, 0.3) is 0 Å². The smallest absolute Gasteiger partial charge is 0.268 e. The molecule has 8 nitrogen and oxygen atoms in total. The Labute approximate surface area is 453 Å². The summed E-state index contributed by atoms with van der Waals surface area (Å²) in [5.74, 6) is -0.259. The lowest BCUT2D eigenvalue weighted by atomic mass is 10.1. The number of aliphatic hydroxyl groups is 1. The number of quaternary nitrogens is 1. The molecule has 0 aromatic carbocycles. The number of carbonyl (C=O) groups excluding carboxylic acids is 1. The Morgan fingerprint density at radius 2 is 0.838 bits per heavy atom. The number of allylic oxidation sites excluding steroid dienone is 27. The van der Waals surface area contributed by atoms with Crippen LogP contribution in [0.1, 0.15) is 181 Å². The number of hydrogen-bond acceptors (Lipinski definition) is 6. The first kappa shape index (κ1) is 69.9. The molecular formula is C65H105N2O6P. The summed E-state index contributed by atoms with van der Waals surface area (Å²) in [5, 5.41) is 13.8. The number of nitrogens with zero attached hydrogens (tertiary/aromatic N) is 1. The van der Waals surface area contributed by atoms with Crippen LogP contribution in [0.5, 0.6) is 0 Å². The molecule has 0 aliphatic rings. The SMILES string of the molecule is CC/C=C\C/C=C\C/C=C\C/C=C\C/C=C\C/C=C\C/C=C\C/C=C\C/C=C\C/C=C\C/C=C\C/C=C\CCCCC(=O)NC(COP(=O)([O-])OCC[N+](C)(C)C)C(O)/C=C/CC/C=C/CCCCCCCCC. The number of rotatable bonds is 49. The molecule has 0 heterocycles. The van der Waals surface area contributed by atoms with Gasteiger partial charge in [0.1, 0.15) is 13.2 Å². The van der Waals surface area contributed by atoms with Crippen molar-refractivity contribution in [3.63, 3.8) is 0 Å². The molecule has 74 heavy (non-hydrogen) atoms. The van der Waals surface area contributed by atoms with Gasteiger partial charge in [-0.15, -0.1) is 0 Å². The van der Waals surface area contributed by atoms with E-state index < -0.39 is 26.6 Å². The van der Waals surface area contributed by atoms with Crippen LogP contribution in [0, 0.1) is 0 Å². The van der Waals surface area contributed by atoms with E-state index in [1.807, 2.05) is 27.2 Å². The van der Waals surface area contributed by atoms with Gasteiger partial charge in [0.05, 0.1) is 39.9 Å². The average molecular weight is 1040 g/mol. The maximum Gasteiger partial charge on any atom is 0.268 e. The molecule has 0 aliphatic carbocycles. The molecule has 0 aromatic rings. The Morgan fingerprint density at radius 1 is 0.486 bits per heavy atom. The molecule has 3 atom stereocenters. The van der Waals surface area contributed by atoms with Gasteiger partial charge >= 0.3 is 0 Å². The van der Waals surface area contributed by atoms with E-state index in [2.05, 4.69) is 177 Å². The number of likely N-dealkylation sites (N-methyl/N-ethyl adjacent to an activating group) is 1. The second kappa shape index (κ2) is 53.7. The second-order valence-electron chi connectivity index (χ2n) is 19.5. The summed E-state index contributed by atoms with van der Waals surface area (Å²) in [6.07, 6.45) is 85.9. The van der Waals surface area contributed by atoms with Gasteiger partial charge in [0.2, 0.25) is 5.91 Å². The summed E-state index contributed by atoms with van der Waals surface area (Å²) in [4.78, 5) is 25.4. The average Bonchev–Trinajstić information content (AvgIpc) is 3.36. The zero-order valence-corrected chi connectivity index (χ0v) is 48.1. The first-order chi connectivity index (χ1) is 36.0. The molecule has 0 rings (SSSR count). The minimum absolute atomic E-state index is 0.0247. The highest BCUT2D eigenvalue weighted by Gasteiger charge is 2.23. The van der Waals surface area contributed by atoms with E-state index in [4.69, 9.17) is 9.05 Å². The number of carbonyl (C=O) groups is 1. The minimum atomic E-state index is -4.63. The van der Waals surface area contributed by atoms with E-state index >= 15 is 0 Å². The molecule has 0 bridgehead atoms. The molecular weight excluding hydrogens is 936 g/mol. The van der Waals surface area contributed by atoms with Crippen molar-refractivity contribution >= 4 is 13.7 Å². The number of hydrogen-bond donors (Lipinski definition) is 2. The molecule has 0 fully saturated rings. The Morgan fingerprint density at radius 3 is 1.26 bits per heavy atom. The van der Waals surface area contributed by atoms with Crippen molar-refractivity contribution in [1.82, 2.24) is 5.32 Å². The van der Waals surface area contributed by atoms with Crippen LogP contribution in [0.4, 0.5) is 0 Å². The normalized spacial score (nSPS) is 15.2. The van der Waals surface area contributed by atoms with Gasteiger partial charge < -0.3 is 28.8 Å². The summed E-state index contributed by atoms with van der Waals surface area (Å²) < 4.78 is 23.2. The number of unbranched alkanes of at least 4 members (excludes halogenated alkanes) is 10. The largest absolute Gasteiger partial charge is 0.756 e. The molecule has 0 saturated carbocycles. The summed E-state index contributed by atoms with van der Waals surface area (Å²) >= 11 is 0. The lowest BCUT2D eigenvalue weighted by molar-refractivity contribution is -0.870. The Balaban J connectivity index is 4.29. The van der Waals surface area contributed by atoms with Crippen LogP contribution in [0.15, 0.2) is 170 Å². The zero-order valence-electron chi connectivity index (χ0n) is 47.2. The highest BCUT2D eigenvalue weighted by Crippen LogP contribution is 2.38. The van der Waals surface area contributed by atoms with E-state index in [-0.39, 0.29) is 18.9 Å². The van der Waals surface area contributed by atoms with Crippen molar-refractivity contribution < 1.29 is 32.9 Å². The molecule has 416 valence electrons. The van der Waals surface area contributed by atoms with Crippen molar-refractivity contribution in [2.24, 2.45) is 0 Å². The van der Waals surface area contributed by atoms with E-state index in [0.717, 1.165) is 109 Å². The number of aliphatic hydroxyl groups excluding tert-OH is 1. The van der Waals surface area contributed by atoms with Crippen LogP contribution in [-0.4, -0.2) is 68.5 Å². The fourth-order valence-electron chi connectivity index (χ4n) is 6.97. The van der Waals surface area contributed by atoms with Crippen LogP contribution < -0.4 is 10.2 Å². The summed E-state index contributed by atoms with van der Waals surface area (Å²) in [7, 11) is 1.18. The third-order valence-electron chi connectivity index (χ3n) is 11.4. The fourth-order valence-corrected chi connectivity index (χ4v) is 7.69. The fraction of sp³-hybridized carbons (Fsp3) is 0.554. The molecule has 0 aromatic heterocycles. The number of phosphoric acid groups is 1. The summed E-state index contributed by atoms with van der Waals surface area (Å²) in [6, 6.07) is -0.939. The van der Waals surface area contributed by atoms with Gasteiger partial charge in [-0.3, -0.25) is 9.36 Å². The molecule has 0 aliphatic heterocycles. The number of nitrogens with one attached hydrogen (secondary N) is 1. The Hall–Kier alpha value is -4.14. The van der Waals surface area contributed by atoms with Crippen LogP contribution in [-0.2, 0) is 18.4 Å². The number of amides is 1. The van der Waals surface area contributed by atoms with Crippen molar-refractivity contribution in [3.8, 4) is 0 Å².